The van der Waals surface area contributed by atoms with Gasteiger partial charge >= 0.3 is 0 Å². The van der Waals surface area contributed by atoms with Gasteiger partial charge in [-0.05, 0) is 32.9 Å². The topological polar surface area (TPSA) is 76.7 Å². The van der Waals surface area contributed by atoms with E-state index in [9.17, 15) is 14.9 Å². The number of aryl methyl sites for hydroxylation is 1. The van der Waals surface area contributed by atoms with Crippen LogP contribution in [-0.2, 0) is 0 Å². The molecule has 0 fully saturated rings. The molecule has 0 aromatic heterocycles. The second-order valence-corrected chi connectivity index (χ2v) is 5.07. The lowest BCUT2D eigenvalue weighted by Crippen LogP contribution is -3.11. The van der Waals surface area contributed by atoms with Crippen molar-refractivity contribution in [3.63, 3.8) is 0 Å². The van der Waals surface area contributed by atoms with Gasteiger partial charge in [-0.3, -0.25) is 14.9 Å². The van der Waals surface area contributed by atoms with E-state index in [1.165, 1.54) is 17.0 Å². The highest BCUT2D eigenvalue weighted by Gasteiger charge is 2.13. The Bertz CT molecular complexity index is 499. The third kappa shape index (κ3) is 5.15. The average Bonchev–Trinajstić information content (AvgIpc) is 2.46. The quantitative estimate of drug-likeness (QED) is 0.426. The Morgan fingerprint density at radius 3 is 2.52 bits per heavy atom. The number of carbonyl (C=O) groups excluding carboxylic acids is 1. The SMILES string of the molecule is CC[NH+](CC)CCCNC(=O)c1ccc([N+](=O)[O-])c(C)c1. The molecule has 1 amide bonds. The summed E-state index contributed by atoms with van der Waals surface area (Å²) in [5, 5.41) is 13.6. The summed E-state index contributed by atoms with van der Waals surface area (Å²) in [7, 11) is 0. The zero-order valence-corrected chi connectivity index (χ0v) is 12.9. The first-order chi connectivity index (χ1) is 9.99. The third-order valence-corrected chi connectivity index (χ3v) is 3.65. The molecule has 0 aliphatic rings. The van der Waals surface area contributed by atoms with Crippen LogP contribution in [0.5, 0.6) is 0 Å². The van der Waals surface area contributed by atoms with Gasteiger partial charge in [0, 0.05) is 30.2 Å². The number of nitro groups is 1. The largest absolute Gasteiger partial charge is 0.352 e. The molecule has 0 aliphatic heterocycles. The molecule has 0 saturated carbocycles. The summed E-state index contributed by atoms with van der Waals surface area (Å²) in [4.78, 5) is 23.8. The van der Waals surface area contributed by atoms with Crippen molar-refractivity contribution >= 4 is 11.6 Å². The van der Waals surface area contributed by atoms with Gasteiger partial charge in [-0.15, -0.1) is 0 Å². The fourth-order valence-electron chi connectivity index (χ4n) is 2.25. The Labute approximate surface area is 125 Å². The highest BCUT2D eigenvalue weighted by Crippen LogP contribution is 2.18. The normalized spacial score (nSPS) is 10.7. The molecule has 2 N–H and O–H groups in total. The van der Waals surface area contributed by atoms with E-state index in [1.807, 2.05) is 0 Å². The molecule has 116 valence electrons. The van der Waals surface area contributed by atoms with Gasteiger partial charge in [0.05, 0.1) is 24.6 Å². The van der Waals surface area contributed by atoms with Crippen LogP contribution >= 0.6 is 0 Å². The number of hydrogen-bond acceptors (Lipinski definition) is 3. The first kappa shape index (κ1) is 17.1. The van der Waals surface area contributed by atoms with Crippen molar-refractivity contribution < 1.29 is 14.6 Å². The van der Waals surface area contributed by atoms with E-state index in [0.717, 1.165) is 26.1 Å². The second-order valence-electron chi connectivity index (χ2n) is 5.07. The summed E-state index contributed by atoms with van der Waals surface area (Å²) >= 11 is 0. The Balaban J connectivity index is 2.49. The molecular weight excluding hydrogens is 270 g/mol. The van der Waals surface area contributed by atoms with Crippen LogP contribution < -0.4 is 10.2 Å². The van der Waals surface area contributed by atoms with Gasteiger partial charge in [0.15, 0.2) is 0 Å². The molecular formula is C15H24N3O3+. The number of benzene rings is 1. The van der Waals surface area contributed by atoms with Gasteiger partial charge in [-0.1, -0.05) is 0 Å². The highest BCUT2D eigenvalue weighted by atomic mass is 16.6. The molecule has 1 aromatic carbocycles. The summed E-state index contributed by atoms with van der Waals surface area (Å²) in [5.74, 6) is -0.178. The molecule has 0 radical (unpaired) electrons. The standard InChI is InChI=1S/C15H23N3O3/c1-4-17(5-2)10-6-9-16-15(19)13-7-8-14(18(20)21)12(3)11-13/h7-8,11H,4-6,9-10H2,1-3H3,(H,16,19)/p+1. The van der Waals surface area contributed by atoms with E-state index in [1.54, 1.807) is 13.0 Å². The summed E-state index contributed by atoms with van der Waals surface area (Å²) in [6.45, 7) is 9.77. The predicted molar refractivity (Wildman–Crippen MR) is 81.7 cm³/mol. The Morgan fingerprint density at radius 1 is 1.33 bits per heavy atom. The van der Waals surface area contributed by atoms with E-state index in [4.69, 9.17) is 0 Å². The molecule has 0 heterocycles. The highest BCUT2D eigenvalue weighted by molar-refractivity contribution is 5.94. The fourth-order valence-corrected chi connectivity index (χ4v) is 2.25. The number of carbonyl (C=O) groups is 1. The second kappa shape index (κ2) is 8.36. The van der Waals surface area contributed by atoms with Crippen LogP contribution in [0.1, 0.15) is 36.2 Å². The smallest absolute Gasteiger partial charge is 0.272 e. The van der Waals surface area contributed by atoms with Crippen LogP contribution in [-0.4, -0.2) is 37.0 Å². The Hall–Kier alpha value is -1.95. The van der Waals surface area contributed by atoms with E-state index < -0.39 is 4.92 Å². The number of nitro benzene ring substituents is 1. The average molecular weight is 294 g/mol. The van der Waals surface area contributed by atoms with E-state index in [-0.39, 0.29) is 11.6 Å². The van der Waals surface area contributed by atoms with Gasteiger partial charge < -0.3 is 10.2 Å². The number of nitrogens with one attached hydrogen (secondary N) is 2. The molecule has 1 aromatic rings. The van der Waals surface area contributed by atoms with E-state index in [2.05, 4.69) is 19.2 Å². The Kier molecular flexibility index (Phi) is 6.81. The number of amides is 1. The lowest BCUT2D eigenvalue weighted by Gasteiger charge is -2.15. The lowest BCUT2D eigenvalue weighted by molar-refractivity contribution is -0.896. The van der Waals surface area contributed by atoms with E-state index in [0.29, 0.717) is 17.7 Å². The van der Waals surface area contributed by atoms with Crippen LogP contribution in [0.25, 0.3) is 0 Å². The molecule has 0 bridgehead atoms. The van der Waals surface area contributed by atoms with Crippen molar-refractivity contribution in [3.8, 4) is 0 Å². The van der Waals surface area contributed by atoms with Gasteiger partial charge in [-0.25, -0.2) is 0 Å². The summed E-state index contributed by atoms with van der Waals surface area (Å²) in [6, 6.07) is 4.43. The molecule has 0 aliphatic carbocycles. The summed E-state index contributed by atoms with van der Waals surface area (Å²) in [5.41, 5.74) is 1.00. The van der Waals surface area contributed by atoms with Crippen LogP contribution in [0.3, 0.4) is 0 Å². The molecule has 1 rings (SSSR count). The fraction of sp³-hybridized carbons (Fsp3) is 0.533. The minimum Gasteiger partial charge on any atom is -0.352 e. The predicted octanol–water partition coefficient (Wildman–Crippen LogP) is 0.948. The first-order valence-electron chi connectivity index (χ1n) is 7.36. The zero-order chi connectivity index (χ0) is 15.8. The minimum absolute atomic E-state index is 0.0386. The Morgan fingerprint density at radius 2 is 2.00 bits per heavy atom. The first-order valence-corrected chi connectivity index (χ1v) is 7.36. The number of rotatable bonds is 8. The third-order valence-electron chi connectivity index (χ3n) is 3.65. The maximum atomic E-state index is 12.0. The maximum absolute atomic E-state index is 12.0. The van der Waals surface area contributed by atoms with Crippen LogP contribution in [0.15, 0.2) is 18.2 Å². The summed E-state index contributed by atoms with van der Waals surface area (Å²) in [6.07, 6.45) is 0.925. The molecule has 0 spiro atoms. The minimum atomic E-state index is -0.441. The van der Waals surface area contributed by atoms with Crippen LogP contribution in [0.2, 0.25) is 0 Å². The number of hydrogen-bond donors (Lipinski definition) is 2. The lowest BCUT2D eigenvalue weighted by atomic mass is 10.1. The van der Waals surface area contributed by atoms with Crippen molar-refractivity contribution in [1.82, 2.24) is 5.32 Å². The van der Waals surface area contributed by atoms with Crippen molar-refractivity contribution in [2.24, 2.45) is 0 Å². The summed E-state index contributed by atoms with van der Waals surface area (Å²) < 4.78 is 0. The number of quaternary nitrogens is 1. The van der Waals surface area contributed by atoms with Crippen LogP contribution in [0.4, 0.5) is 5.69 Å². The van der Waals surface area contributed by atoms with Gasteiger partial charge in [0.2, 0.25) is 0 Å². The van der Waals surface area contributed by atoms with Crippen molar-refractivity contribution in [3.05, 3.63) is 39.4 Å². The molecule has 6 nitrogen and oxygen atoms in total. The van der Waals surface area contributed by atoms with Crippen molar-refractivity contribution in [2.75, 3.05) is 26.2 Å². The molecule has 0 saturated heterocycles. The van der Waals surface area contributed by atoms with E-state index >= 15 is 0 Å². The van der Waals surface area contributed by atoms with Gasteiger partial charge in [-0.2, -0.15) is 0 Å². The van der Waals surface area contributed by atoms with Gasteiger partial charge in [0.25, 0.3) is 11.6 Å². The van der Waals surface area contributed by atoms with Crippen molar-refractivity contribution in [2.45, 2.75) is 27.2 Å². The maximum Gasteiger partial charge on any atom is 0.272 e. The monoisotopic (exact) mass is 294 g/mol. The molecule has 0 atom stereocenters. The molecule has 0 unspecified atom stereocenters. The number of nitrogens with zero attached hydrogens (tertiary/aromatic N) is 1. The molecule has 21 heavy (non-hydrogen) atoms. The molecule has 6 heteroatoms. The van der Waals surface area contributed by atoms with Gasteiger partial charge in [0.1, 0.15) is 0 Å². The van der Waals surface area contributed by atoms with Crippen LogP contribution in [0, 0.1) is 17.0 Å². The zero-order valence-electron chi connectivity index (χ0n) is 12.9. The van der Waals surface area contributed by atoms with Crippen molar-refractivity contribution in [1.29, 1.82) is 0 Å².